The Morgan fingerprint density at radius 2 is 1.50 bits per heavy atom. The molecule has 0 atom stereocenters. The summed E-state index contributed by atoms with van der Waals surface area (Å²) >= 11 is 6.13. The van der Waals surface area contributed by atoms with Gasteiger partial charge in [-0.2, -0.15) is 0 Å². The van der Waals surface area contributed by atoms with Gasteiger partial charge in [-0.3, -0.25) is 4.79 Å². The van der Waals surface area contributed by atoms with Crippen molar-refractivity contribution in [3.8, 4) is 16.9 Å². The van der Waals surface area contributed by atoms with Gasteiger partial charge in [-0.05, 0) is 53.1 Å². The van der Waals surface area contributed by atoms with E-state index in [0.717, 1.165) is 49.8 Å². The first-order valence-corrected chi connectivity index (χ1v) is 12.8. The summed E-state index contributed by atoms with van der Waals surface area (Å²) in [4.78, 5) is 12.4. The van der Waals surface area contributed by atoms with Crippen molar-refractivity contribution >= 4 is 39.3 Å². The van der Waals surface area contributed by atoms with Crippen molar-refractivity contribution in [2.45, 2.75) is 13.2 Å². The van der Waals surface area contributed by atoms with Crippen LogP contribution in [0.25, 0.3) is 32.9 Å². The van der Waals surface area contributed by atoms with Crippen molar-refractivity contribution < 1.29 is 9.53 Å². The van der Waals surface area contributed by atoms with Crippen molar-refractivity contribution in [1.29, 1.82) is 0 Å². The fourth-order valence-electron chi connectivity index (χ4n) is 5.02. The largest absolute Gasteiger partial charge is 0.489 e. The molecular weight excluding hydrogens is 492 g/mol. The SMILES string of the molecule is NC(=O)c1cccc2c1c1ccc(-c3ccc(Cl)cc3)cc1n2Cc1ccccc1OCc1ccccc1. The Morgan fingerprint density at radius 3 is 2.29 bits per heavy atom. The van der Waals surface area contributed by atoms with Crippen LogP contribution in [0.4, 0.5) is 0 Å². The number of halogens is 1. The third-order valence-electron chi connectivity index (χ3n) is 6.87. The molecule has 1 amide bonds. The minimum absolute atomic E-state index is 0.442. The quantitative estimate of drug-likeness (QED) is 0.235. The van der Waals surface area contributed by atoms with Crippen molar-refractivity contribution in [1.82, 2.24) is 4.57 Å². The van der Waals surface area contributed by atoms with Crippen molar-refractivity contribution in [2.75, 3.05) is 0 Å². The van der Waals surface area contributed by atoms with Crippen LogP contribution in [-0.4, -0.2) is 10.5 Å². The van der Waals surface area contributed by atoms with Crippen LogP contribution in [0.15, 0.2) is 115 Å². The van der Waals surface area contributed by atoms with E-state index in [0.29, 0.717) is 23.7 Å². The molecule has 1 heterocycles. The molecule has 0 spiro atoms. The summed E-state index contributed by atoms with van der Waals surface area (Å²) in [6.45, 7) is 1.05. The monoisotopic (exact) mass is 516 g/mol. The number of para-hydroxylation sites is 1. The van der Waals surface area contributed by atoms with Crippen molar-refractivity contribution in [3.63, 3.8) is 0 Å². The van der Waals surface area contributed by atoms with Gasteiger partial charge in [-0.25, -0.2) is 0 Å². The number of carbonyl (C=O) groups is 1. The van der Waals surface area contributed by atoms with Gasteiger partial charge in [0.15, 0.2) is 0 Å². The van der Waals surface area contributed by atoms with E-state index < -0.39 is 5.91 Å². The highest BCUT2D eigenvalue weighted by atomic mass is 35.5. The number of ether oxygens (including phenoxy) is 1. The van der Waals surface area contributed by atoms with E-state index in [-0.39, 0.29) is 0 Å². The Kier molecular flexibility index (Phi) is 6.32. The lowest BCUT2D eigenvalue weighted by molar-refractivity contribution is 0.100. The molecule has 4 nitrogen and oxygen atoms in total. The van der Waals surface area contributed by atoms with Gasteiger partial charge in [0.2, 0.25) is 5.91 Å². The number of fused-ring (bicyclic) bond motifs is 3. The molecule has 0 aliphatic carbocycles. The third-order valence-corrected chi connectivity index (χ3v) is 7.12. The minimum atomic E-state index is -0.442. The van der Waals surface area contributed by atoms with Gasteiger partial charge in [0, 0.05) is 26.9 Å². The normalized spacial score (nSPS) is 11.2. The maximum absolute atomic E-state index is 12.4. The zero-order valence-electron chi connectivity index (χ0n) is 20.6. The number of hydrogen-bond acceptors (Lipinski definition) is 2. The predicted molar refractivity (Wildman–Crippen MR) is 155 cm³/mol. The number of rotatable bonds is 7. The van der Waals surface area contributed by atoms with Crippen LogP contribution < -0.4 is 10.5 Å². The lowest BCUT2D eigenvalue weighted by atomic mass is 10.0. The molecule has 0 aliphatic heterocycles. The van der Waals surface area contributed by atoms with Gasteiger partial charge in [-0.15, -0.1) is 0 Å². The molecule has 38 heavy (non-hydrogen) atoms. The van der Waals surface area contributed by atoms with Gasteiger partial charge < -0.3 is 15.0 Å². The summed E-state index contributed by atoms with van der Waals surface area (Å²) in [5.74, 6) is 0.384. The standard InChI is InChI=1S/C33H25ClN2O2/c34-26-16-13-23(14-17-26)24-15-18-27-30(19-24)36(29-11-6-10-28(32(27)29)33(35)37)20-25-9-4-5-12-31(25)38-21-22-7-2-1-3-8-22/h1-19H,20-21H2,(H2,35,37). The average Bonchev–Trinajstić information content (AvgIpc) is 3.26. The van der Waals surface area contributed by atoms with Gasteiger partial charge >= 0.3 is 0 Å². The van der Waals surface area contributed by atoms with Crippen molar-refractivity contribution in [2.24, 2.45) is 5.73 Å². The Labute approximate surface area is 225 Å². The summed E-state index contributed by atoms with van der Waals surface area (Å²) in [5, 5.41) is 2.54. The second kappa shape index (κ2) is 10.1. The fourth-order valence-corrected chi connectivity index (χ4v) is 5.15. The molecule has 1 aromatic heterocycles. The summed E-state index contributed by atoms with van der Waals surface area (Å²) in [7, 11) is 0. The first-order valence-electron chi connectivity index (χ1n) is 12.4. The lowest BCUT2D eigenvalue weighted by Crippen LogP contribution is -2.11. The van der Waals surface area contributed by atoms with E-state index in [1.165, 1.54) is 0 Å². The molecule has 0 aliphatic rings. The third kappa shape index (κ3) is 4.51. The molecule has 5 aromatic carbocycles. The average molecular weight is 517 g/mol. The van der Waals surface area contributed by atoms with E-state index >= 15 is 0 Å². The fraction of sp³-hybridized carbons (Fsp3) is 0.0606. The summed E-state index contributed by atoms with van der Waals surface area (Å²) in [6.07, 6.45) is 0. The molecule has 5 heteroatoms. The van der Waals surface area contributed by atoms with Crippen LogP contribution in [0.1, 0.15) is 21.5 Å². The number of benzene rings is 5. The van der Waals surface area contributed by atoms with Gasteiger partial charge in [0.25, 0.3) is 0 Å². The van der Waals surface area contributed by atoms with Crippen LogP contribution in [0.3, 0.4) is 0 Å². The number of nitrogens with zero attached hydrogens (tertiary/aromatic N) is 1. The topological polar surface area (TPSA) is 57.2 Å². The summed E-state index contributed by atoms with van der Waals surface area (Å²) in [6, 6.07) is 38.0. The predicted octanol–water partition coefficient (Wildman–Crippen LogP) is 7.84. The molecular formula is C33H25ClN2O2. The second-order valence-corrected chi connectivity index (χ2v) is 9.71. The lowest BCUT2D eigenvalue weighted by Gasteiger charge is -2.14. The summed E-state index contributed by atoms with van der Waals surface area (Å²) < 4.78 is 8.50. The van der Waals surface area contributed by atoms with Gasteiger partial charge in [0.1, 0.15) is 12.4 Å². The molecule has 2 N–H and O–H groups in total. The van der Waals surface area contributed by atoms with Gasteiger partial charge in [0.05, 0.1) is 17.6 Å². The zero-order chi connectivity index (χ0) is 26.1. The molecule has 186 valence electrons. The molecule has 0 radical (unpaired) electrons. The highest BCUT2D eigenvalue weighted by molar-refractivity contribution is 6.30. The van der Waals surface area contributed by atoms with Crippen LogP contribution in [0.2, 0.25) is 5.02 Å². The van der Waals surface area contributed by atoms with E-state index in [1.54, 1.807) is 6.07 Å². The summed E-state index contributed by atoms with van der Waals surface area (Å²) in [5.41, 5.74) is 12.6. The number of aromatic nitrogens is 1. The first-order chi connectivity index (χ1) is 18.6. The molecule has 0 fully saturated rings. The van der Waals surface area contributed by atoms with E-state index in [9.17, 15) is 4.79 Å². The van der Waals surface area contributed by atoms with E-state index in [4.69, 9.17) is 22.1 Å². The Balaban J connectivity index is 1.49. The molecule has 0 saturated heterocycles. The highest BCUT2D eigenvalue weighted by Gasteiger charge is 2.18. The van der Waals surface area contributed by atoms with Crippen LogP contribution in [-0.2, 0) is 13.2 Å². The smallest absolute Gasteiger partial charge is 0.249 e. The second-order valence-electron chi connectivity index (χ2n) is 9.27. The van der Waals surface area contributed by atoms with Crippen molar-refractivity contribution in [3.05, 3.63) is 137 Å². The van der Waals surface area contributed by atoms with E-state index in [2.05, 4.69) is 41.0 Å². The molecule has 0 saturated carbocycles. The first kappa shape index (κ1) is 23.8. The van der Waals surface area contributed by atoms with Crippen LogP contribution >= 0.6 is 11.6 Å². The number of nitrogens with two attached hydrogens (primary N) is 1. The number of amides is 1. The maximum atomic E-state index is 12.4. The molecule has 6 aromatic rings. The van der Waals surface area contributed by atoms with Crippen LogP contribution in [0, 0.1) is 0 Å². The number of hydrogen-bond donors (Lipinski definition) is 1. The minimum Gasteiger partial charge on any atom is -0.489 e. The van der Waals surface area contributed by atoms with E-state index in [1.807, 2.05) is 72.8 Å². The molecule has 0 unspecified atom stereocenters. The maximum Gasteiger partial charge on any atom is 0.249 e. The highest BCUT2D eigenvalue weighted by Crippen LogP contribution is 2.36. The van der Waals surface area contributed by atoms with Gasteiger partial charge in [-0.1, -0.05) is 90.5 Å². The molecule has 6 rings (SSSR count). The Bertz CT molecular complexity index is 1770. The zero-order valence-corrected chi connectivity index (χ0v) is 21.4. The van der Waals surface area contributed by atoms with Crippen LogP contribution in [0.5, 0.6) is 5.75 Å². The number of carbonyl (C=O) groups excluding carboxylic acids is 1. The Morgan fingerprint density at radius 1 is 0.763 bits per heavy atom. The Hall–Kier alpha value is -4.54. The number of primary amides is 1. The molecule has 0 bridgehead atoms.